The predicted molar refractivity (Wildman–Crippen MR) is 105 cm³/mol. The fraction of sp³-hybridized carbons (Fsp3) is 0.158. The number of nitrogens with zero attached hydrogens (tertiary/aromatic N) is 1. The van der Waals surface area contributed by atoms with Gasteiger partial charge in [0.2, 0.25) is 19.9 Å². The first-order valence-electron chi connectivity index (χ1n) is 8.04. The molecule has 142 valence electrons. The van der Waals surface area contributed by atoms with Crippen molar-refractivity contribution in [1.82, 2.24) is 3.97 Å². The van der Waals surface area contributed by atoms with Crippen LogP contribution in [0.4, 0.5) is 0 Å². The first kappa shape index (κ1) is 19.2. The Morgan fingerprint density at radius 2 is 1.74 bits per heavy atom. The predicted octanol–water partition coefficient (Wildman–Crippen LogP) is 3.02. The Labute approximate surface area is 158 Å². The summed E-state index contributed by atoms with van der Waals surface area (Å²) in [6.45, 7) is 3.71. The van der Waals surface area contributed by atoms with Crippen molar-refractivity contribution in [1.29, 1.82) is 0 Å². The third-order valence-electron chi connectivity index (χ3n) is 4.23. The molecule has 3 aromatic rings. The van der Waals surface area contributed by atoms with E-state index in [0.29, 0.717) is 23.1 Å². The minimum absolute atomic E-state index is 0.0788. The highest BCUT2D eigenvalue weighted by atomic mass is 32.2. The first-order valence-corrected chi connectivity index (χ1v) is 11.4. The number of hydrogen-bond donors (Lipinski definition) is 0. The van der Waals surface area contributed by atoms with Gasteiger partial charge in [-0.1, -0.05) is 24.3 Å². The molecule has 6 nitrogen and oxygen atoms in total. The zero-order chi connectivity index (χ0) is 19.8. The van der Waals surface area contributed by atoms with Crippen molar-refractivity contribution >= 4 is 30.8 Å². The number of aromatic nitrogens is 1. The molecule has 0 aliphatic heterocycles. The van der Waals surface area contributed by atoms with Crippen molar-refractivity contribution in [2.24, 2.45) is 0 Å². The molecule has 27 heavy (non-hydrogen) atoms. The van der Waals surface area contributed by atoms with Crippen molar-refractivity contribution in [3.05, 3.63) is 66.9 Å². The lowest BCUT2D eigenvalue weighted by Gasteiger charge is -2.11. The van der Waals surface area contributed by atoms with Crippen LogP contribution in [0.5, 0.6) is 5.75 Å². The lowest BCUT2D eigenvalue weighted by Crippen LogP contribution is -2.08. The van der Waals surface area contributed by atoms with Gasteiger partial charge in [0.05, 0.1) is 28.7 Å². The molecule has 1 aromatic heterocycles. The van der Waals surface area contributed by atoms with Crippen LogP contribution in [-0.2, 0) is 26.3 Å². The summed E-state index contributed by atoms with van der Waals surface area (Å²) in [6.07, 6.45) is 4.14. The van der Waals surface area contributed by atoms with Gasteiger partial charge < -0.3 is 4.74 Å². The minimum Gasteiger partial charge on any atom is -0.496 e. The van der Waals surface area contributed by atoms with E-state index in [4.69, 9.17) is 4.74 Å². The highest BCUT2D eigenvalue weighted by Crippen LogP contribution is 2.37. The lowest BCUT2D eigenvalue weighted by molar-refractivity contribution is 0.411. The molecule has 0 spiro atoms. The molecule has 1 heterocycles. The van der Waals surface area contributed by atoms with Crippen LogP contribution >= 0.6 is 0 Å². The topological polar surface area (TPSA) is 82.4 Å². The van der Waals surface area contributed by atoms with Crippen LogP contribution in [0.2, 0.25) is 0 Å². The van der Waals surface area contributed by atoms with Crippen LogP contribution in [0.15, 0.2) is 71.1 Å². The molecule has 0 aliphatic carbocycles. The van der Waals surface area contributed by atoms with E-state index in [1.54, 1.807) is 36.4 Å². The molecule has 3 rings (SSSR count). The van der Waals surface area contributed by atoms with E-state index >= 15 is 0 Å². The monoisotopic (exact) mass is 405 g/mol. The highest BCUT2D eigenvalue weighted by molar-refractivity contribution is 7.92. The summed E-state index contributed by atoms with van der Waals surface area (Å²) in [4.78, 5) is 0.00907. The van der Waals surface area contributed by atoms with Crippen LogP contribution in [-0.4, -0.2) is 34.2 Å². The number of rotatable bonds is 6. The van der Waals surface area contributed by atoms with Crippen LogP contribution in [0.1, 0.15) is 5.56 Å². The summed E-state index contributed by atoms with van der Waals surface area (Å²) < 4.78 is 57.4. The minimum atomic E-state index is -3.95. The van der Waals surface area contributed by atoms with Gasteiger partial charge in [-0.2, -0.15) is 0 Å². The average Bonchev–Trinajstić information content (AvgIpc) is 3.04. The Bertz CT molecular complexity index is 1220. The quantitative estimate of drug-likeness (QED) is 0.589. The second-order valence-corrected chi connectivity index (χ2v) is 9.78. The smallest absolute Gasteiger partial charge is 0.236 e. The highest BCUT2D eigenvalue weighted by Gasteiger charge is 2.28. The standard InChI is InChI=1S/C19H19NO5S2/c1-4-8-15-17(25-2)12-11-16-19(15)18(13-20(16)26(3,21)22)27(23,24)14-9-6-5-7-10-14/h4-7,9-13H,1,8H2,2-3H3. The van der Waals surface area contributed by atoms with Gasteiger partial charge in [0.25, 0.3) is 0 Å². The number of methoxy groups -OCH3 is 1. The lowest BCUT2D eigenvalue weighted by atomic mass is 10.1. The SMILES string of the molecule is C=CCc1c(OC)ccc2c1c(S(=O)(=O)c1ccccc1)cn2S(C)(=O)=O. The molecule has 2 aromatic carbocycles. The maximum atomic E-state index is 13.3. The van der Waals surface area contributed by atoms with E-state index < -0.39 is 19.9 Å². The maximum absolute atomic E-state index is 13.3. The second kappa shape index (κ2) is 6.86. The largest absolute Gasteiger partial charge is 0.496 e. The summed E-state index contributed by atoms with van der Waals surface area (Å²) in [5.41, 5.74) is 0.853. The Balaban J connectivity index is 2.51. The molecule has 0 bridgehead atoms. The normalized spacial score (nSPS) is 12.2. The Morgan fingerprint density at radius 3 is 2.30 bits per heavy atom. The van der Waals surface area contributed by atoms with Crippen molar-refractivity contribution < 1.29 is 21.6 Å². The number of hydrogen-bond acceptors (Lipinski definition) is 5. The zero-order valence-electron chi connectivity index (χ0n) is 14.9. The summed E-state index contributed by atoms with van der Waals surface area (Å²) >= 11 is 0. The van der Waals surface area contributed by atoms with Crippen molar-refractivity contribution in [3.8, 4) is 5.75 Å². The molecule has 0 amide bonds. The van der Waals surface area contributed by atoms with Gasteiger partial charge in [-0.15, -0.1) is 6.58 Å². The molecule has 0 radical (unpaired) electrons. The molecule has 8 heteroatoms. The van der Waals surface area contributed by atoms with Gasteiger partial charge in [0, 0.05) is 17.1 Å². The Kier molecular flexibility index (Phi) is 4.88. The Hall–Kier alpha value is -2.58. The number of allylic oxidation sites excluding steroid dienone is 1. The fourth-order valence-electron chi connectivity index (χ4n) is 3.06. The first-order chi connectivity index (χ1) is 12.7. The van der Waals surface area contributed by atoms with E-state index in [0.717, 1.165) is 16.4 Å². The molecular formula is C19H19NO5S2. The third kappa shape index (κ3) is 3.26. The second-order valence-electron chi connectivity index (χ2n) is 6.00. The van der Waals surface area contributed by atoms with Gasteiger partial charge >= 0.3 is 0 Å². The molecule has 0 fully saturated rings. The maximum Gasteiger partial charge on any atom is 0.236 e. The molecule has 0 unspecified atom stereocenters. The van der Waals surface area contributed by atoms with E-state index in [9.17, 15) is 16.8 Å². The number of sulfone groups is 1. The van der Waals surface area contributed by atoms with E-state index in [1.165, 1.54) is 19.2 Å². The van der Waals surface area contributed by atoms with Gasteiger partial charge in [0.1, 0.15) is 5.75 Å². The molecule has 0 saturated heterocycles. The van der Waals surface area contributed by atoms with E-state index in [2.05, 4.69) is 6.58 Å². The van der Waals surface area contributed by atoms with Gasteiger partial charge in [0.15, 0.2) is 0 Å². The number of benzene rings is 2. The molecule has 0 N–H and O–H groups in total. The van der Waals surface area contributed by atoms with Crippen LogP contribution < -0.4 is 4.74 Å². The summed E-state index contributed by atoms with van der Waals surface area (Å²) in [5, 5.41) is 0.323. The van der Waals surface area contributed by atoms with E-state index in [-0.39, 0.29) is 15.3 Å². The molecule has 0 aliphatic rings. The summed E-state index contributed by atoms with van der Waals surface area (Å²) in [7, 11) is -6.18. The van der Waals surface area contributed by atoms with Gasteiger partial charge in [-0.05, 0) is 30.7 Å². The zero-order valence-corrected chi connectivity index (χ0v) is 16.5. The Morgan fingerprint density at radius 1 is 1.07 bits per heavy atom. The molecular weight excluding hydrogens is 386 g/mol. The average molecular weight is 405 g/mol. The van der Waals surface area contributed by atoms with Crippen LogP contribution in [0.25, 0.3) is 10.9 Å². The number of fused-ring (bicyclic) bond motifs is 1. The van der Waals surface area contributed by atoms with E-state index in [1.807, 2.05) is 0 Å². The van der Waals surface area contributed by atoms with Gasteiger partial charge in [-0.3, -0.25) is 0 Å². The van der Waals surface area contributed by atoms with Crippen LogP contribution in [0.3, 0.4) is 0 Å². The van der Waals surface area contributed by atoms with Crippen molar-refractivity contribution in [2.45, 2.75) is 16.2 Å². The molecule has 0 atom stereocenters. The number of ether oxygens (including phenoxy) is 1. The third-order valence-corrected chi connectivity index (χ3v) is 7.03. The van der Waals surface area contributed by atoms with Gasteiger partial charge in [-0.25, -0.2) is 20.8 Å². The summed E-state index contributed by atoms with van der Waals surface area (Å²) in [6, 6.07) is 11.1. The summed E-state index contributed by atoms with van der Waals surface area (Å²) in [5.74, 6) is 0.471. The fourth-order valence-corrected chi connectivity index (χ4v) is 5.44. The van der Waals surface area contributed by atoms with Crippen LogP contribution in [0, 0.1) is 0 Å². The van der Waals surface area contributed by atoms with Crippen molar-refractivity contribution in [2.75, 3.05) is 13.4 Å². The molecule has 0 saturated carbocycles. The van der Waals surface area contributed by atoms with Crippen molar-refractivity contribution in [3.63, 3.8) is 0 Å².